The molecule has 222 valence electrons. The summed E-state index contributed by atoms with van der Waals surface area (Å²) in [5.74, 6) is 2.65. The summed E-state index contributed by atoms with van der Waals surface area (Å²) in [6.07, 6.45) is 7.28. The molecule has 3 aromatic carbocycles. The fourth-order valence-corrected chi connectivity index (χ4v) is 5.06. The van der Waals surface area contributed by atoms with Crippen LogP contribution in [0.5, 0.6) is 5.75 Å². The third kappa shape index (κ3) is 11.3. The van der Waals surface area contributed by atoms with E-state index >= 15 is 0 Å². The predicted octanol–water partition coefficient (Wildman–Crippen LogP) is 5.14. The Morgan fingerprint density at radius 1 is 0.927 bits per heavy atom. The van der Waals surface area contributed by atoms with Crippen LogP contribution in [0, 0.1) is 0 Å². The molecule has 1 saturated carbocycles. The number of rotatable bonds is 4. The van der Waals surface area contributed by atoms with Crippen LogP contribution in [0.2, 0.25) is 10.0 Å². The first kappa shape index (κ1) is 34.0. The predicted molar refractivity (Wildman–Crippen MR) is 159 cm³/mol. The summed E-state index contributed by atoms with van der Waals surface area (Å²) in [6.45, 7) is -0.00660. The molecule has 0 saturated heterocycles. The number of hydrogen-bond donors (Lipinski definition) is 7. The van der Waals surface area contributed by atoms with Crippen molar-refractivity contribution in [1.29, 1.82) is 0 Å². The number of halogens is 2. The van der Waals surface area contributed by atoms with Crippen LogP contribution in [-0.4, -0.2) is 38.4 Å². The lowest BCUT2D eigenvalue weighted by Gasteiger charge is -2.26. The van der Waals surface area contributed by atoms with E-state index in [1.165, 1.54) is 38.2 Å². The second-order valence-corrected chi connectivity index (χ2v) is 10.5. The van der Waals surface area contributed by atoms with Gasteiger partial charge in [-0.15, -0.1) is 0 Å². The lowest BCUT2D eigenvalue weighted by molar-refractivity contribution is -0.136. The maximum absolute atomic E-state index is 12.1. The molecule has 2 aliphatic rings. The van der Waals surface area contributed by atoms with Crippen molar-refractivity contribution in [2.75, 3.05) is 0 Å². The summed E-state index contributed by atoms with van der Waals surface area (Å²) < 4.78 is 0. The van der Waals surface area contributed by atoms with Gasteiger partial charge < -0.3 is 31.6 Å². The van der Waals surface area contributed by atoms with E-state index < -0.39 is 5.97 Å². The molecule has 1 heterocycles. The Bertz CT molecular complexity index is 1270. The second kappa shape index (κ2) is 17.6. The largest absolute Gasteiger partial charge is 0.508 e. The molecule has 41 heavy (non-hydrogen) atoms. The van der Waals surface area contributed by atoms with Crippen LogP contribution >= 0.6 is 23.2 Å². The van der Waals surface area contributed by atoms with Gasteiger partial charge in [-0.05, 0) is 71.8 Å². The first-order chi connectivity index (χ1) is 19.7. The number of aliphatic carboxylic acids is 1. The normalized spacial score (nSPS) is 15.9. The van der Waals surface area contributed by atoms with E-state index in [-0.39, 0.29) is 30.7 Å². The van der Waals surface area contributed by atoms with Crippen molar-refractivity contribution in [3.05, 3.63) is 98.5 Å². The molecule has 9 nitrogen and oxygen atoms in total. The second-order valence-electron chi connectivity index (χ2n) is 9.68. The third-order valence-corrected chi connectivity index (χ3v) is 7.17. The number of carboxylic acids is 1. The Hall–Kier alpha value is -3.18. The third-order valence-electron chi connectivity index (χ3n) is 6.61. The van der Waals surface area contributed by atoms with E-state index in [4.69, 9.17) is 44.4 Å². The number of carboxylic acid groups (broad SMARTS) is 1. The van der Waals surface area contributed by atoms with E-state index in [1.807, 2.05) is 6.07 Å². The monoisotopic (exact) mass is 605 g/mol. The summed E-state index contributed by atoms with van der Waals surface area (Å²) in [5.41, 5.74) is 9.40. The minimum Gasteiger partial charge on any atom is -0.508 e. The standard InChI is InChI=1S/C15H11Cl2NO2.C9H10O3.C6H13N.H3NO/c16-9-1-3-12(13(17)7-9)14-6-8-5-10(19)2-4-11(8)15(20)18-14;10-6-8-3-1-7(2-4-8)5-9(11)12;7-6-4-2-1-3-5-6;1-2/h1-5,7,14,19H,6H2,(H,18,20);1-4,10H,5-6H2,(H,11,12);6H,1-5,7H2;2H,1H2. The van der Waals surface area contributed by atoms with Gasteiger partial charge in [-0.2, -0.15) is 0 Å². The summed E-state index contributed by atoms with van der Waals surface area (Å²) >= 11 is 12.1. The van der Waals surface area contributed by atoms with Gasteiger partial charge in [-0.1, -0.05) is 72.8 Å². The van der Waals surface area contributed by atoms with Gasteiger partial charge in [0.1, 0.15) is 5.75 Å². The molecule has 1 aliphatic heterocycles. The highest BCUT2D eigenvalue weighted by Gasteiger charge is 2.26. The average molecular weight is 607 g/mol. The Morgan fingerprint density at radius 2 is 1.56 bits per heavy atom. The number of nitrogens with one attached hydrogen (secondary N) is 1. The first-order valence-electron chi connectivity index (χ1n) is 13.2. The van der Waals surface area contributed by atoms with Crippen LogP contribution in [0.15, 0.2) is 60.7 Å². The summed E-state index contributed by atoms with van der Waals surface area (Å²) in [4.78, 5) is 22.4. The molecule has 1 unspecified atom stereocenters. The number of aromatic hydroxyl groups is 1. The van der Waals surface area contributed by atoms with Gasteiger partial charge in [0.2, 0.25) is 0 Å². The molecular formula is C30H37Cl2N3O6. The zero-order valence-electron chi connectivity index (χ0n) is 22.6. The number of phenols is 1. The topological polar surface area (TPSA) is 179 Å². The molecule has 5 rings (SSSR count). The number of benzene rings is 3. The number of nitrogens with two attached hydrogens (primary N) is 2. The molecular weight excluding hydrogens is 569 g/mol. The number of aliphatic hydroxyl groups is 1. The van der Waals surface area contributed by atoms with Crippen molar-refractivity contribution in [2.45, 2.75) is 63.6 Å². The van der Waals surface area contributed by atoms with Crippen molar-refractivity contribution in [2.24, 2.45) is 11.6 Å². The highest BCUT2D eigenvalue weighted by Crippen LogP contribution is 2.33. The Morgan fingerprint density at radius 3 is 2.10 bits per heavy atom. The van der Waals surface area contributed by atoms with Gasteiger partial charge in [0, 0.05) is 21.7 Å². The number of phenolic OH excluding ortho intramolecular Hbond substituents is 1. The fourth-order valence-electron chi connectivity index (χ4n) is 4.52. The fraction of sp³-hybridized carbons (Fsp3) is 0.333. The number of amides is 1. The maximum Gasteiger partial charge on any atom is 0.307 e. The Balaban J connectivity index is 0.000000237. The SMILES string of the molecule is NC1CCCCC1.NO.O=C(O)Cc1ccc(CO)cc1.O=C1NC(c2ccc(Cl)cc2Cl)Cc2cc(O)ccc21. The van der Waals surface area contributed by atoms with Crippen molar-refractivity contribution in [3.63, 3.8) is 0 Å². The van der Waals surface area contributed by atoms with Crippen LogP contribution in [0.1, 0.15) is 70.8 Å². The van der Waals surface area contributed by atoms with Gasteiger partial charge in [0.05, 0.1) is 19.1 Å². The molecule has 1 fully saturated rings. The number of carbonyl (C=O) groups is 2. The molecule has 3 aromatic rings. The molecule has 0 radical (unpaired) electrons. The molecule has 9 N–H and O–H groups in total. The lowest BCUT2D eigenvalue weighted by atomic mass is 9.91. The summed E-state index contributed by atoms with van der Waals surface area (Å²) in [7, 11) is 0. The Labute approximate surface area is 249 Å². The smallest absolute Gasteiger partial charge is 0.307 e. The minimum absolute atomic E-state index is 0.00660. The highest BCUT2D eigenvalue weighted by atomic mass is 35.5. The van der Waals surface area contributed by atoms with Crippen LogP contribution < -0.4 is 16.9 Å². The Kier molecular flexibility index (Phi) is 14.6. The van der Waals surface area contributed by atoms with Crippen molar-refractivity contribution in [3.8, 4) is 5.75 Å². The quantitative estimate of drug-likeness (QED) is 0.199. The highest BCUT2D eigenvalue weighted by molar-refractivity contribution is 6.35. The lowest BCUT2D eigenvalue weighted by Crippen LogP contribution is -2.35. The first-order valence-corrected chi connectivity index (χ1v) is 13.9. The molecule has 1 amide bonds. The van der Waals surface area contributed by atoms with Gasteiger partial charge in [0.15, 0.2) is 0 Å². The van der Waals surface area contributed by atoms with Crippen LogP contribution in [-0.2, 0) is 24.2 Å². The number of aliphatic hydroxyl groups excluding tert-OH is 1. The van der Waals surface area contributed by atoms with Crippen molar-refractivity contribution >= 4 is 35.1 Å². The molecule has 1 atom stereocenters. The molecule has 0 aromatic heterocycles. The van der Waals surface area contributed by atoms with Crippen molar-refractivity contribution in [1.82, 2.24) is 5.32 Å². The molecule has 0 bridgehead atoms. The number of carbonyl (C=O) groups excluding carboxylic acids is 1. The van der Waals surface area contributed by atoms with Gasteiger partial charge in [-0.25, -0.2) is 5.90 Å². The van der Waals surface area contributed by atoms with E-state index in [2.05, 4.69) is 11.2 Å². The van der Waals surface area contributed by atoms with Gasteiger partial charge in [-0.3, -0.25) is 9.59 Å². The minimum atomic E-state index is -0.841. The van der Waals surface area contributed by atoms with Crippen LogP contribution in [0.25, 0.3) is 0 Å². The van der Waals surface area contributed by atoms with Gasteiger partial charge in [0.25, 0.3) is 5.91 Å². The summed E-state index contributed by atoms with van der Waals surface area (Å²) in [6, 6.07) is 17.1. The van der Waals surface area contributed by atoms with Crippen molar-refractivity contribution < 1.29 is 30.1 Å². The zero-order chi connectivity index (χ0) is 30.4. The zero-order valence-corrected chi connectivity index (χ0v) is 24.1. The average Bonchev–Trinajstić information content (AvgIpc) is 2.95. The van der Waals surface area contributed by atoms with Crippen LogP contribution in [0.3, 0.4) is 0 Å². The number of fused-ring (bicyclic) bond motifs is 1. The molecule has 11 heteroatoms. The van der Waals surface area contributed by atoms with E-state index in [0.717, 1.165) is 22.3 Å². The maximum atomic E-state index is 12.1. The van der Waals surface area contributed by atoms with E-state index in [9.17, 15) is 14.7 Å². The van der Waals surface area contributed by atoms with Gasteiger partial charge >= 0.3 is 5.97 Å². The van der Waals surface area contributed by atoms with Crippen LogP contribution in [0.4, 0.5) is 0 Å². The van der Waals surface area contributed by atoms with E-state index in [0.29, 0.717) is 28.1 Å². The number of hydrogen-bond acceptors (Lipinski definition) is 7. The molecule has 1 aliphatic carbocycles. The summed E-state index contributed by atoms with van der Waals surface area (Å²) in [5, 5.41) is 37.2. The van der Waals surface area contributed by atoms with E-state index in [1.54, 1.807) is 48.5 Å². The molecule has 0 spiro atoms.